The van der Waals surface area contributed by atoms with Crippen LogP contribution in [0.5, 0.6) is 5.75 Å². The van der Waals surface area contributed by atoms with E-state index in [2.05, 4.69) is 15.6 Å². The molecule has 2 amide bonds. The molecule has 0 bridgehead atoms. The van der Waals surface area contributed by atoms with Gasteiger partial charge in [-0.1, -0.05) is 23.7 Å². The molecule has 150 valence electrons. The first-order valence-electron chi connectivity index (χ1n) is 9.07. The first-order chi connectivity index (χ1) is 14.0. The van der Waals surface area contributed by atoms with E-state index < -0.39 is 11.8 Å². The van der Waals surface area contributed by atoms with E-state index in [1.54, 1.807) is 24.3 Å². The van der Waals surface area contributed by atoms with Crippen molar-refractivity contribution in [3.05, 3.63) is 64.6 Å². The van der Waals surface area contributed by atoms with Crippen LogP contribution >= 0.6 is 22.9 Å². The minimum absolute atomic E-state index is 0.319. The van der Waals surface area contributed by atoms with E-state index in [1.807, 2.05) is 36.6 Å². The molecule has 0 aliphatic heterocycles. The molecule has 0 aliphatic rings. The van der Waals surface area contributed by atoms with Gasteiger partial charge in [-0.05, 0) is 43.3 Å². The molecule has 0 aliphatic carbocycles. The molecule has 2 N–H and O–H groups in total. The topological polar surface area (TPSA) is 80.3 Å². The van der Waals surface area contributed by atoms with Crippen LogP contribution in [-0.2, 0) is 16.0 Å². The Bertz CT molecular complexity index is 972. The minimum Gasteiger partial charge on any atom is -0.494 e. The number of hydrogen-bond donors (Lipinski definition) is 2. The number of benzene rings is 2. The summed E-state index contributed by atoms with van der Waals surface area (Å²) in [5, 5.41) is 8.67. The Morgan fingerprint density at radius 3 is 2.48 bits per heavy atom. The van der Waals surface area contributed by atoms with Gasteiger partial charge in [0.15, 0.2) is 0 Å². The van der Waals surface area contributed by atoms with Gasteiger partial charge in [0.1, 0.15) is 10.8 Å². The Morgan fingerprint density at radius 1 is 1.07 bits per heavy atom. The molecule has 1 aromatic heterocycles. The standard InChI is InChI=1S/C21H20ClN3O3S/c1-2-28-18-9-7-16(8-10-18)24-20(27)19(26)23-12-11-17-13-29-21(25-17)14-3-5-15(22)6-4-14/h3-10,13H,2,11-12H2,1H3,(H,23,26)(H,24,27). The van der Waals surface area contributed by atoms with Crippen molar-refractivity contribution in [3.63, 3.8) is 0 Å². The Balaban J connectivity index is 1.45. The first kappa shape index (κ1) is 20.8. The van der Waals surface area contributed by atoms with Crippen LogP contribution < -0.4 is 15.4 Å². The Morgan fingerprint density at radius 2 is 1.79 bits per heavy atom. The van der Waals surface area contributed by atoms with E-state index in [0.29, 0.717) is 36.0 Å². The van der Waals surface area contributed by atoms with E-state index >= 15 is 0 Å². The van der Waals surface area contributed by atoms with Crippen LogP contribution in [-0.4, -0.2) is 29.9 Å². The van der Waals surface area contributed by atoms with Gasteiger partial charge < -0.3 is 15.4 Å². The molecule has 1 heterocycles. The molecule has 3 aromatic rings. The highest BCUT2D eigenvalue weighted by molar-refractivity contribution is 7.13. The monoisotopic (exact) mass is 429 g/mol. The molecule has 0 saturated carbocycles. The van der Waals surface area contributed by atoms with Gasteiger partial charge >= 0.3 is 11.8 Å². The van der Waals surface area contributed by atoms with Gasteiger partial charge in [-0.2, -0.15) is 0 Å². The molecule has 0 fully saturated rings. The Labute approximate surface area is 177 Å². The van der Waals surface area contributed by atoms with E-state index in [-0.39, 0.29) is 0 Å². The quantitative estimate of drug-likeness (QED) is 0.552. The maximum atomic E-state index is 12.0. The summed E-state index contributed by atoms with van der Waals surface area (Å²) in [4.78, 5) is 28.5. The summed E-state index contributed by atoms with van der Waals surface area (Å²) in [5.41, 5.74) is 2.37. The van der Waals surface area contributed by atoms with Crippen molar-refractivity contribution in [2.75, 3.05) is 18.5 Å². The average Bonchev–Trinajstić information content (AvgIpc) is 3.19. The van der Waals surface area contributed by atoms with Crippen molar-refractivity contribution >= 4 is 40.4 Å². The van der Waals surface area contributed by atoms with Gasteiger partial charge in [-0.3, -0.25) is 9.59 Å². The molecule has 6 nitrogen and oxygen atoms in total. The van der Waals surface area contributed by atoms with Crippen molar-refractivity contribution in [1.29, 1.82) is 0 Å². The van der Waals surface area contributed by atoms with Crippen molar-refractivity contribution in [1.82, 2.24) is 10.3 Å². The maximum Gasteiger partial charge on any atom is 0.313 e. The fourth-order valence-corrected chi connectivity index (χ4v) is 3.51. The summed E-state index contributed by atoms with van der Waals surface area (Å²) >= 11 is 7.43. The van der Waals surface area contributed by atoms with E-state index in [1.165, 1.54) is 11.3 Å². The van der Waals surface area contributed by atoms with Crippen LogP contribution in [0.15, 0.2) is 53.9 Å². The fraction of sp³-hybridized carbons (Fsp3) is 0.190. The normalized spacial score (nSPS) is 10.4. The maximum absolute atomic E-state index is 12.0. The summed E-state index contributed by atoms with van der Waals surface area (Å²) in [6.45, 7) is 2.78. The SMILES string of the molecule is CCOc1ccc(NC(=O)C(=O)NCCc2csc(-c3ccc(Cl)cc3)n2)cc1. The molecule has 8 heteroatoms. The van der Waals surface area contributed by atoms with Crippen LogP contribution in [0, 0.1) is 0 Å². The lowest BCUT2D eigenvalue weighted by molar-refractivity contribution is -0.136. The number of carbonyl (C=O) groups is 2. The summed E-state index contributed by atoms with van der Waals surface area (Å²) in [6.07, 6.45) is 0.534. The third-order valence-electron chi connectivity index (χ3n) is 3.94. The summed E-state index contributed by atoms with van der Waals surface area (Å²) < 4.78 is 5.34. The van der Waals surface area contributed by atoms with Crippen molar-refractivity contribution in [2.24, 2.45) is 0 Å². The van der Waals surface area contributed by atoms with Gasteiger partial charge in [0.25, 0.3) is 0 Å². The number of carbonyl (C=O) groups excluding carboxylic acids is 2. The van der Waals surface area contributed by atoms with Crippen molar-refractivity contribution in [2.45, 2.75) is 13.3 Å². The number of amides is 2. The lowest BCUT2D eigenvalue weighted by atomic mass is 10.2. The van der Waals surface area contributed by atoms with Crippen molar-refractivity contribution < 1.29 is 14.3 Å². The molecule has 0 atom stereocenters. The summed E-state index contributed by atoms with van der Waals surface area (Å²) in [5.74, 6) is -0.697. The molecular weight excluding hydrogens is 410 g/mol. The number of thiazole rings is 1. The highest BCUT2D eigenvalue weighted by atomic mass is 35.5. The van der Waals surface area contributed by atoms with Crippen LogP contribution in [0.2, 0.25) is 5.02 Å². The summed E-state index contributed by atoms with van der Waals surface area (Å²) in [6, 6.07) is 14.3. The fourth-order valence-electron chi connectivity index (χ4n) is 2.52. The highest BCUT2D eigenvalue weighted by Gasteiger charge is 2.13. The van der Waals surface area contributed by atoms with Gasteiger partial charge in [-0.25, -0.2) is 4.98 Å². The second-order valence-electron chi connectivity index (χ2n) is 6.07. The predicted molar refractivity (Wildman–Crippen MR) is 116 cm³/mol. The smallest absolute Gasteiger partial charge is 0.313 e. The van der Waals surface area contributed by atoms with Crippen molar-refractivity contribution in [3.8, 4) is 16.3 Å². The number of halogens is 1. The number of anilines is 1. The number of aromatic nitrogens is 1. The molecular formula is C21H20ClN3O3S. The van der Waals surface area contributed by atoms with Gasteiger partial charge in [-0.15, -0.1) is 11.3 Å². The average molecular weight is 430 g/mol. The van der Waals surface area contributed by atoms with Gasteiger partial charge in [0, 0.05) is 34.6 Å². The largest absolute Gasteiger partial charge is 0.494 e. The molecule has 0 saturated heterocycles. The van der Waals surface area contributed by atoms with Crippen LogP contribution in [0.1, 0.15) is 12.6 Å². The third-order valence-corrected chi connectivity index (χ3v) is 5.13. The zero-order valence-electron chi connectivity index (χ0n) is 15.8. The Hall–Kier alpha value is -2.90. The second kappa shape index (κ2) is 10.0. The molecule has 3 rings (SSSR count). The first-order valence-corrected chi connectivity index (χ1v) is 10.3. The van der Waals surface area contributed by atoms with Crippen LogP contribution in [0.4, 0.5) is 5.69 Å². The number of nitrogens with zero attached hydrogens (tertiary/aromatic N) is 1. The number of nitrogens with one attached hydrogen (secondary N) is 2. The van der Waals surface area contributed by atoms with Gasteiger partial charge in [0.05, 0.1) is 12.3 Å². The lowest BCUT2D eigenvalue weighted by Gasteiger charge is -2.07. The lowest BCUT2D eigenvalue weighted by Crippen LogP contribution is -2.36. The third kappa shape index (κ3) is 6.04. The minimum atomic E-state index is -0.714. The molecule has 0 unspecified atom stereocenters. The molecule has 29 heavy (non-hydrogen) atoms. The molecule has 0 spiro atoms. The summed E-state index contributed by atoms with van der Waals surface area (Å²) in [7, 11) is 0. The zero-order valence-corrected chi connectivity index (χ0v) is 17.3. The number of ether oxygens (including phenoxy) is 1. The highest BCUT2D eigenvalue weighted by Crippen LogP contribution is 2.25. The second-order valence-corrected chi connectivity index (χ2v) is 7.36. The molecule has 0 radical (unpaired) electrons. The van der Waals surface area contributed by atoms with Crippen LogP contribution in [0.3, 0.4) is 0 Å². The number of rotatable bonds is 7. The predicted octanol–water partition coefficient (Wildman–Crippen LogP) is 4.16. The van der Waals surface area contributed by atoms with Gasteiger partial charge in [0.2, 0.25) is 0 Å². The molecule has 2 aromatic carbocycles. The van der Waals surface area contributed by atoms with E-state index in [4.69, 9.17) is 16.3 Å². The Kier molecular flexibility index (Phi) is 7.21. The van der Waals surface area contributed by atoms with E-state index in [0.717, 1.165) is 16.3 Å². The zero-order chi connectivity index (χ0) is 20.6. The number of hydrogen-bond acceptors (Lipinski definition) is 5. The van der Waals surface area contributed by atoms with Crippen LogP contribution in [0.25, 0.3) is 10.6 Å². The van der Waals surface area contributed by atoms with E-state index in [9.17, 15) is 9.59 Å².